The molecule has 27 heavy (non-hydrogen) atoms. The first-order chi connectivity index (χ1) is 13.0. The molecule has 0 spiro atoms. The minimum absolute atomic E-state index is 0.0659. The number of nitrogens with zero attached hydrogens (tertiary/aromatic N) is 4. The summed E-state index contributed by atoms with van der Waals surface area (Å²) in [5.41, 5.74) is 6.38. The monoisotopic (exact) mass is 392 g/mol. The van der Waals surface area contributed by atoms with Crippen LogP contribution in [0.4, 0.5) is 22.0 Å². The highest BCUT2D eigenvalue weighted by Gasteiger charge is 2.21. The van der Waals surface area contributed by atoms with Crippen LogP contribution in [0, 0.1) is 5.82 Å². The summed E-state index contributed by atoms with van der Waals surface area (Å²) in [6.45, 7) is 3.76. The molecule has 1 unspecified atom stereocenters. The van der Waals surface area contributed by atoms with Gasteiger partial charge >= 0.3 is 0 Å². The zero-order chi connectivity index (χ0) is 19.2. The molecule has 1 aliphatic heterocycles. The Balaban J connectivity index is 1.54. The molecule has 1 aromatic heterocycles. The Kier molecular flexibility index (Phi) is 6.40. The van der Waals surface area contributed by atoms with Gasteiger partial charge in [0.25, 0.3) is 0 Å². The summed E-state index contributed by atoms with van der Waals surface area (Å²) in [6, 6.07) is 5.82. The number of amides is 1. The van der Waals surface area contributed by atoms with E-state index in [0.29, 0.717) is 42.7 Å². The molecule has 10 heteroatoms. The van der Waals surface area contributed by atoms with Gasteiger partial charge in [-0.25, -0.2) is 4.39 Å². The lowest BCUT2D eigenvalue weighted by Gasteiger charge is -2.31. The zero-order valence-corrected chi connectivity index (χ0v) is 15.7. The first kappa shape index (κ1) is 19.3. The van der Waals surface area contributed by atoms with Crippen molar-refractivity contribution in [1.29, 1.82) is 0 Å². The Bertz CT molecular complexity index is 791. The van der Waals surface area contributed by atoms with E-state index in [1.165, 1.54) is 23.9 Å². The van der Waals surface area contributed by atoms with E-state index in [2.05, 4.69) is 20.3 Å². The van der Waals surface area contributed by atoms with Crippen molar-refractivity contribution in [3.8, 4) is 0 Å². The predicted octanol–water partition coefficient (Wildman–Crippen LogP) is 1.82. The highest BCUT2D eigenvalue weighted by molar-refractivity contribution is 7.99. The third-order valence-corrected chi connectivity index (χ3v) is 4.76. The molecule has 1 atom stereocenters. The molecule has 2 aromatic rings. The largest absolute Gasteiger partial charge is 0.375 e. The number of carbonyl (C=O) groups is 1. The van der Waals surface area contributed by atoms with Crippen molar-refractivity contribution in [2.45, 2.75) is 18.8 Å². The number of anilines is 3. The smallest absolute Gasteiger partial charge is 0.232 e. The first-order valence-corrected chi connectivity index (χ1v) is 9.65. The Labute approximate surface area is 160 Å². The van der Waals surface area contributed by atoms with Gasteiger partial charge in [-0.05, 0) is 31.2 Å². The molecule has 0 aliphatic carbocycles. The van der Waals surface area contributed by atoms with Crippen LogP contribution in [0.3, 0.4) is 0 Å². The number of benzene rings is 1. The van der Waals surface area contributed by atoms with Gasteiger partial charge in [0, 0.05) is 18.8 Å². The number of halogens is 1. The summed E-state index contributed by atoms with van der Waals surface area (Å²) in [4.78, 5) is 26.5. The second kappa shape index (κ2) is 8.96. The molecular formula is C17H21FN6O2S. The van der Waals surface area contributed by atoms with Crippen molar-refractivity contribution in [2.75, 3.05) is 36.5 Å². The first-order valence-electron chi connectivity index (χ1n) is 8.50. The number of morpholine rings is 1. The third kappa shape index (κ3) is 5.76. The van der Waals surface area contributed by atoms with E-state index in [4.69, 9.17) is 10.5 Å². The molecule has 144 valence electrons. The SMILES string of the molecule is CC1CN(C(=O)CSCc2nc(N)nc(Nc3ccc(F)cc3)n2)CCO1. The molecule has 0 radical (unpaired) electrons. The lowest BCUT2D eigenvalue weighted by Crippen LogP contribution is -2.45. The van der Waals surface area contributed by atoms with Gasteiger partial charge in [0.15, 0.2) is 0 Å². The number of thioether (sulfide) groups is 1. The van der Waals surface area contributed by atoms with E-state index in [-0.39, 0.29) is 29.7 Å². The fraction of sp³-hybridized carbons (Fsp3) is 0.412. The van der Waals surface area contributed by atoms with E-state index in [9.17, 15) is 9.18 Å². The number of rotatable bonds is 6. The number of aromatic nitrogens is 3. The van der Waals surface area contributed by atoms with Crippen molar-refractivity contribution in [3.05, 3.63) is 35.9 Å². The summed E-state index contributed by atoms with van der Waals surface area (Å²) < 4.78 is 18.4. The molecule has 2 heterocycles. The van der Waals surface area contributed by atoms with E-state index >= 15 is 0 Å². The maximum Gasteiger partial charge on any atom is 0.232 e. The van der Waals surface area contributed by atoms with Gasteiger partial charge in [0.2, 0.25) is 17.8 Å². The molecule has 3 rings (SSSR count). The summed E-state index contributed by atoms with van der Waals surface area (Å²) in [5, 5.41) is 2.96. The number of ether oxygens (including phenoxy) is 1. The van der Waals surface area contributed by atoms with Crippen LogP contribution in [0.5, 0.6) is 0 Å². The van der Waals surface area contributed by atoms with Crippen LogP contribution in [0.2, 0.25) is 0 Å². The predicted molar refractivity (Wildman–Crippen MR) is 102 cm³/mol. The fourth-order valence-corrected chi connectivity index (χ4v) is 3.36. The molecule has 0 saturated carbocycles. The van der Waals surface area contributed by atoms with Gasteiger partial charge in [0.1, 0.15) is 11.6 Å². The van der Waals surface area contributed by atoms with Gasteiger partial charge in [-0.2, -0.15) is 15.0 Å². The Morgan fingerprint density at radius 1 is 1.37 bits per heavy atom. The minimum Gasteiger partial charge on any atom is -0.375 e. The molecule has 1 aromatic carbocycles. The third-order valence-electron chi connectivity index (χ3n) is 3.85. The minimum atomic E-state index is -0.327. The average molecular weight is 392 g/mol. The zero-order valence-electron chi connectivity index (χ0n) is 14.9. The van der Waals surface area contributed by atoms with Crippen LogP contribution in [0.1, 0.15) is 12.7 Å². The number of carbonyl (C=O) groups excluding carboxylic acids is 1. The summed E-state index contributed by atoms with van der Waals surface area (Å²) in [7, 11) is 0. The number of nitrogen functional groups attached to an aromatic ring is 1. The molecular weight excluding hydrogens is 371 g/mol. The second-order valence-electron chi connectivity index (χ2n) is 6.08. The van der Waals surface area contributed by atoms with Crippen LogP contribution in [-0.2, 0) is 15.3 Å². The summed E-state index contributed by atoms with van der Waals surface area (Å²) >= 11 is 1.42. The van der Waals surface area contributed by atoms with Crippen molar-refractivity contribution in [2.24, 2.45) is 0 Å². The highest BCUT2D eigenvalue weighted by atomic mass is 32.2. The van der Waals surface area contributed by atoms with E-state index in [1.807, 2.05) is 11.8 Å². The number of nitrogens with one attached hydrogen (secondary N) is 1. The molecule has 1 amide bonds. The number of hydrogen-bond donors (Lipinski definition) is 2. The molecule has 3 N–H and O–H groups in total. The Hall–Kier alpha value is -2.46. The van der Waals surface area contributed by atoms with Crippen LogP contribution in [0.25, 0.3) is 0 Å². The summed E-state index contributed by atoms with van der Waals surface area (Å²) in [6.07, 6.45) is 0.0659. The van der Waals surface area contributed by atoms with E-state index < -0.39 is 0 Å². The normalized spacial score (nSPS) is 17.0. The molecule has 1 aliphatic rings. The van der Waals surface area contributed by atoms with E-state index in [0.717, 1.165) is 0 Å². The highest BCUT2D eigenvalue weighted by Crippen LogP contribution is 2.17. The van der Waals surface area contributed by atoms with Crippen molar-refractivity contribution >= 4 is 35.3 Å². The lowest BCUT2D eigenvalue weighted by molar-refractivity contribution is -0.135. The van der Waals surface area contributed by atoms with Crippen molar-refractivity contribution < 1.29 is 13.9 Å². The maximum atomic E-state index is 13.0. The Morgan fingerprint density at radius 3 is 2.89 bits per heavy atom. The molecule has 1 fully saturated rings. The molecule has 0 bridgehead atoms. The Morgan fingerprint density at radius 2 is 2.15 bits per heavy atom. The van der Waals surface area contributed by atoms with Gasteiger partial charge < -0.3 is 20.7 Å². The van der Waals surface area contributed by atoms with Crippen LogP contribution >= 0.6 is 11.8 Å². The average Bonchev–Trinajstić information content (AvgIpc) is 2.63. The van der Waals surface area contributed by atoms with E-state index in [1.54, 1.807) is 12.1 Å². The van der Waals surface area contributed by atoms with Gasteiger partial charge in [0.05, 0.1) is 24.2 Å². The number of hydrogen-bond acceptors (Lipinski definition) is 8. The van der Waals surface area contributed by atoms with Gasteiger partial charge in [-0.3, -0.25) is 4.79 Å². The van der Waals surface area contributed by atoms with Gasteiger partial charge in [-0.15, -0.1) is 11.8 Å². The number of nitrogens with two attached hydrogens (primary N) is 1. The summed E-state index contributed by atoms with van der Waals surface area (Å²) in [5.74, 6) is 1.33. The molecule has 1 saturated heterocycles. The lowest BCUT2D eigenvalue weighted by atomic mass is 10.3. The quantitative estimate of drug-likeness (QED) is 0.767. The maximum absolute atomic E-state index is 13.0. The second-order valence-corrected chi connectivity index (χ2v) is 7.06. The van der Waals surface area contributed by atoms with Crippen molar-refractivity contribution in [1.82, 2.24) is 19.9 Å². The standard InChI is InChI=1S/C17H21FN6O2S/c1-11-8-24(6-7-26-11)15(25)10-27-9-14-21-16(19)23-17(22-14)20-13-4-2-12(18)3-5-13/h2-5,11H,6-10H2,1H3,(H3,19,20,21,22,23). The van der Waals surface area contributed by atoms with Crippen LogP contribution in [-0.4, -0.2) is 57.3 Å². The van der Waals surface area contributed by atoms with Crippen LogP contribution in [0.15, 0.2) is 24.3 Å². The van der Waals surface area contributed by atoms with Gasteiger partial charge in [-0.1, -0.05) is 0 Å². The van der Waals surface area contributed by atoms with Crippen LogP contribution < -0.4 is 11.1 Å². The fourth-order valence-electron chi connectivity index (χ4n) is 2.59. The topological polar surface area (TPSA) is 106 Å². The molecule has 8 nitrogen and oxygen atoms in total. The van der Waals surface area contributed by atoms with Crippen molar-refractivity contribution in [3.63, 3.8) is 0 Å².